The predicted molar refractivity (Wildman–Crippen MR) is 97.1 cm³/mol. The second kappa shape index (κ2) is 7.18. The van der Waals surface area contributed by atoms with Gasteiger partial charge in [-0.15, -0.1) is 0 Å². The molecule has 1 aromatic rings. The lowest BCUT2D eigenvalue weighted by molar-refractivity contribution is 0.268. The first-order chi connectivity index (χ1) is 10.1. The smallest absolute Gasteiger partial charge is 0.171 e. The first-order valence-electron chi connectivity index (χ1n) is 7.37. The zero-order valence-electron chi connectivity index (χ0n) is 14.7. The largest absolute Gasteiger partial charge is 0.497 e. The highest BCUT2D eigenvalue weighted by atomic mass is 32.1. The van der Waals surface area contributed by atoms with E-state index in [1.807, 2.05) is 18.2 Å². The van der Waals surface area contributed by atoms with Crippen molar-refractivity contribution in [2.45, 2.75) is 46.6 Å². The van der Waals surface area contributed by atoms with Crippen LogP contribution >= 0.6 is 12.2 Å². The number of rotatable bonds is 5. The van der Waals surface area contributed by atoms with E-state index in [9.17, 15) is 0 Å². The third-order valence-electron chi connectivity index (χ3n) is 3.08. The Kier molecular flexibility index (Phi) is 6.06. The molecule has 124 valence electrons. The van der Waals surface area contributed by atoms with Crippen LogP contribution in [0.3, 0.4) is 0 Å². The molecule has 0 heterocycles. The van der Waals surface area contributed by atoms with Gasteiger partial charge in [-0.25, -0.2) is 0 Å². The fraction of sp³-hybridized carbons (Fsp3) is 0.588. The topological polar surface area (TPSA) is 42.5 Å². The summed E-state index contributed by atoms with van der Waals surface area (Å²) in [6, 6.07) is 5.57. The Morgan fingerprint density at radius 1 is 1.09 bits per heavy atom. The van der Waals surface area contributed by atoms with Crippen molar-refractivity contribution in [1.82, 2.24) is 5.32 Å². The number of methoxy groups -OCH3 is 2. The minimum absolute atomic E-state index is 0.103. The highest BCUT2D eigenvalue weighted by Gasteiger charge is 2.26. The maximum Gasteiger partial charge on any atom is 0.171 e. The van der Waals surface area contributed by atoms with E-state index in [1.54, 1.807) is 14.2 Å². The van der Waals surface area contributed by atoms with Crippen molar-refractivity contribution < 1.29 is 9.47 Å². The summed E-state index contributed by atoms with van der Waals surface area (Å²) < 4.78 is 10.6. The Balaban J connectivity index is 2.80. The Labute approximate surface area is 139 Å². The molecular formula is C17H28N2O2S. The van der Waals surface area contributed by atoms with Crippen molar-refractivity contribution in [3.8, 4) is 11.5 Å². The van der Waals surface area contributed by atoms with E-state index in [0.717, 1.165) is 23.6 Å². The monoisotopic (exact) mass is 324 g/mol. The molecule has 1 aromatic carbocycles. The number of nitrogens with one attached hydrogen (secondary N) is 2. The molecular weight excluding hydrogens is 296 g/mol. The van der Waals surface area contributed by atoms with Crippen LogP contribution in [0.2, 0.25) is 0 Å². The van der Waals surface area contributed by atoms with Gasteiger partial charge in [-0.3, -0.25) is 0 Å². The zero-order chi connectivity index (χ0) is 17.0. The van der Waals surface area contributed by atoms with Gasteiger partial charge in [0, 0.05) is 11.6 Å². The van der Waals surface area contributed by atoms with Gasteiger partial charge < -0.3 is 20.1 Å². The van der Waals surface area contributed by atoms with E-state index in [1.165, 1.54) is 0 Å². The van der Waals surface area contributed by atoms with Crippen LogP contribution in [-0.2, 0) is 0 Å². The van der Waals surface area contributed by atoms with Gasteiger partial charge >= 0.3 is 0 Å². The zero-order valence-corrected chi connectivity index (χ0v) is 15.5. The molecule has 0 fully saturated rings. The van der Waals surface area contributed by atoms with Gasteiger partial charge in [-0.05, 0) is 50.0 Å². The van der Waals surface area contributed by atoms with Gasteiger partial charge in [-0.1, -0.05) is 20.8 Å². The molecule has 4 nitrogen and oxygen atoms in total. The lowest BCUT2D eigenvalue weighted by Gasteiger charge is -2.34. The van der Waals surface area contributed by atoms with Gasteiger partial charge in [0.05, 0.1) is 19.9 Å². The highest BCUT2D eigenvalue weighted by molar-refractivity contribution is 7.80. The van der Waals surface area contributed by atoms with Crippen LogP contribution < -0.4 is 20.1 Å². The Morgan fingerprint density at radius 3 is 2.23 bits per heavy atom. The van der Waals surface area contributed by atoms with Crippen LogP contribution in [0.5, 0.6) is 11.5 Å². The molecule has 0 aromatic heterocycles. The van der Waals surface area contributed by atoms with E-state index >= 15 is 0 Å². The maximum atomic E-state index is 5.44. The summed E-state index contributed by atoms with van der Waals surface area (Å²) in [5.41, 5.74) is 0.903. The van der Waals surface area contributed by atoms with Crippen molar-refractivity contribution in [2.24, 2.45) is 5.41 Å². The maximum absolute atomic E-state index is 5.44. The highest BCUT2D eigenvalue weighted by Crippen LogP contribution is 2.30. The molecule has 0 spiro atoms. The van der Waals surface area contributed by atoms with Gasteiger partial charge in [0.2, 0.25) is 0 Å². The summed E-state index contributed by atoms with van der Waals surface area (Å²) in [6.07, 6.45) is 0.997. The van der Waals surface area contributed by atoms with Gasteiger partial charge in [-0.2, -0.15) is 0 Å². The predicted octanol–water partition coefficient (Wildman–Crippen LogP) is 4.21. The fourth-order valence-electron chi connectivity index (χ4n) is 2.74. The molecule has 22 heavy (non-hydrogen) atoms. The molecule has 0 saturated carbocycles. The van der Waals surface area contributed by atoms with Crippen molar-refractivity contribution in [3.63, 3.8) is 0 Å². The molecule has 0 aliphatic rings. The Bertz CT molecular complexity index is 522. The van der Waals surface area contributed by atoms with E-state index in [-0.39, 0.29) is 11.0 Å². The minimum Gasteiger partial charge on any atom is -0.497 e. The normalized spacial score (nSPS) is 11.8. The summed E-state index contributed by atoms with van der Waals surface area (Å²) in [6.45, 7) is 11.0. The molecule has 0 unspecified atom stereocenters. The average Bonchev–Trinajstić information content (AvgIpc) is 2.34. The van der Waals surface area contributed by atoms with Crippen LogP contribution in [0, 0.1) is 5.41 Å². The Hall–Kier alpha value is -1.49. The minimum atomic E-state index is -0.103. The molecule has 0 aliphatic heterocycles. The molecule has 0 amide bonds. The quantitative estimate of drug-likeness (QED) is 0.794. The van der Waals surface area contributed by atoms with Crippen molar-refractivity contribution in [3.05, 3.63) is 18.2 Å². The number of anilines is 1. The summed E-state index contributed by atoms with van der Waals surface area (Å²) in [4.78, 5) is 0. The molecule has 0 saturated heterocycles. The van der Waals surface area contributed by atoms with Crippen LogP contribution in [0.1, 0.15) is 41.0 Å². The number of thiocarbonyl (C=S) groups is 1. The molecule has 0 aliphatic carbocycles. The van der Waals surface area contributed by atoms with E-state index < -0.39 is 0 Å². The first-order valence-corrected chi connectivity index (χ1v) is 7.78. The second-order valence-electron chi connectivity index (χ2n) is 7.27. The summed E-state index contributed by atoms with van der Waals surface area (Å²) in [5, 5.41) is 7.14. The van der Waals surface area contributed by atoms with Crippen LogP contribution in [0.25, 0.3) is 0 Å². The first kappa shape index (κ1) is 18.6. The lowest BCUT2D eigenvalue weighted by Crippen LogP contribution is -2.47. The van der Waals surface area contributed by atoms with Gasteiger partial charge in [0.25, 0.3) is 0 Å². The van der Waals surface area contributed by atoms with Crippen LogP contribution in [0.4, 0.5) is 5.69 Å². The third kappa shape index (κ3) is 6.10. The number of hydrogen-bond acceptors (Lipinski definition) is 3. The molecule has 2 N–H and O–H groups in total. The van der Waals surface area contributed by atoms with E-state index in [0.29, 0.717) is 5.11 Å². The number of hydrogen-bond donors (Lipinski definition) is 2. The molecule has 0 bridgehead atoms. The summed E-state index contributed by atoms with van der Waals surface area (Å²) >= 11 is 5.44. The Morgan fingerprint density at radius 2 is 1.73 bits per heavy atom. The second-order valence-corrected chi connectivity index (χ2v) is 7.67. The van der Waals surface area contributed by atoms with Crippen LogP contribution in [0.15, 0.2) is 18.2 Å². The average molecular weight is 324 g/mol. The molecule has 5 heteroatoms. The fourth-order valence-corrected chi connectivity index (χ4v) is 3.13. The third-order valence-corrected chi connectivity index (χ3v) is 3.28. The van der Waals surface area contributed by atoms with Gasteiger partial charge in [0.1, 0.15) is 11.5 Å². The summed E-state index contributed by atoms with van der Waals surface area (Å²) in [5.74, 6) is 1.47. The van der Waals surface area contributed by atoms with E-state index in [4.69, 9.17) is 21.7 Å². The molecule has 1 rings (SSSR count). The van der Waals surface area contributed by atoms with Gasteiger partial charge in [0.15, 0.2) is 5.11 Å². The molecule has 0 radical (unpaired) electrons. The van der Waals surface area contributed by atoms with Crippen molar-refractivity contribution in [1.29, 1.82) is 0 Å². The van der Waals surface area contributed by atoms with Crippen LogP contribution in [-0.4, -0.2) is 24.9 Å². The summed E-state index contributed by atoms with van der Waals surface area (Å²) in [7, 11) is 3.27. The molecule has 0 atom stereocenters. The van der Waals surface area contributed by atoms with Crippen molar-refractivity contribution in [2.75, 3.05) is 19.5 Å². The van der Waals surface area contributed by atoms with Crippen molar-refractivity contribution >= 4 is 23.0 Å². The number of benzene rings is 1. The van der Waals surface area contributed by atoms with E-state index in [2.05, 4.69) is 45.3 Å². The SMILES string of the molecule is COc1ccc(OC)c(NC(=S)NC(C)(C)CC(C)(C)C)c1. The number of ether oxygens (including phenoxy) is 2. The standard InChI is InChI=1S/C17H28N2O2S/c1-16(2,3)11-17(4,5)19-15(22)18-13-10-12(20-6)8-9-14(13)21-7/h8-10H,11H2,1-7H3,(H2,18,19,22). The lowest BCUT2D eigenvalue weighted by atomic mass is 9.82.